The van der Waals surface area contributed by atoms with Gasteiger partial charge in [0.15, 0.2) is 0 Å². The Kier molecular flexibility index (Phi) is 3.44. The monoisotopic (exact) mass is 232 g/mol. The lowest BCUT2D eigenvalue weighted by atomic mass is 10.0. The van der Waals surface area contributed by atoms with Crippen molar-refractivity contribution in [1.29, 1.82) is 0 Å². The van der Waals surface area contributed by atoms with Gasteiger partial charge in [-0.05, 0) is 36.6 Å². The average Bonchev–Trinajstić information content (AvgIpc) is 2.30. The number of nitrogens with one attached hydrogen (secondary N) is 1. The Balaban J connectivity index is 2.44. The van der Waals surface area contributed by atoms with Gasteiger partial charge in [-0.1, -0.05) is 0 Å². The van der Waals surface area contributed by atoms with Gasteiger partial charge in [0.25, 0.3) is 0 Å². The van der Waals surface area contributed by atoms with E-state index in [2.05, 4.69) is 4.98 Å². The van der Waals surface area contributed by atoms with Gasteiger partial charge in [-0.3, -0.25) is 4.79 Å². The van der Waals surface area contributed by atoms with Gasteiger partial charge >= 0.3 is 0 Å². The molecule has 0 unspecified atom stereocenters. The zero-order valence-electron chi connectivity index (χ0n) is 9.82. The Labute approximate surface area is 99.4 Å². The third kappa shape index (κ3) is 2.65. The summed E-state index contributed by atoms with van der Waals surface area (Å²) in [5, 5.41) is 1.01. The van der Waals surface area contributed by atoms with Gasteiger partial charge in [0.2, 0.25) is 5.56 Å². The lowest BCUT2D eigenvalue weighted by molar-refractivity contribution is 0.195. The highest BCUT2D eigenvalue weighted by Crippen LogP contribution is 2.19. The van der Waals surface area contributed by atoms with Crippen LogP contribution in [0.3, 0.4) is 0 Å². The quantitative estimate of drug-likeness (QED) is 0.622. The molecule has 0 saturated carbocycles. The zero-order valence-corrected chi connectivity index (χ0v) is 9.82. The van der Waals surface area contributed by atoms with E-state index in [4.69, 9.17) is 10.5 Å². The second-order valence-electron chi connectivity index (χ2n) is 4.06. The van der Waals surface area contributed by atoms with E-state index in [-0.39, 0.29) is 5.56 Å². The number of aromatic nitrogens is 1. The van der Waals surface area contributed by atoms with E-state index in [0.29, 0.717) is 12.3 Å². The molecule has 0 aliphatic carbocycles. The molecule has 17 heavy (non-hydrogen) atoms. The van der Waals surface area contributed by atoms with Gasteiger partial charge in [-0.25, -0.2) is 0 Å². The van der Waals surface area contributed by atoms with E-state index in [0.717, 1.165) is 29.3 Å². The first-order chi connectivity index (χ1) is 8.20. The molecule has 0 fully saturated rings. The summed E-state index contributed by atoms with van der Waals surface area (Å²) in [4.78, 5) is 14.3. The Morgan fingerprint density at radius 3 is 2.94 bits per heavy atom. The first-order valence-corrected chi connectivity index (χ1v) is 5.61. The molecule has 0 atom stereocenters. The summed E-state index contributed by atoms with van der Waals surface area (Å²) < 4.78 is 5.02. The smallest absolute Gasteiger partial charge is 0.248 e. The number of benzene rings is 1. The van der Waals surface area contributed by atoms with Crippen molar-refractivity contribution in [1.82, 2.24) is 4.98 Å². The van der Waals surface area contributed by atoms with Crippen molar-refractivity contribution in [3.05, 3.63) is 40.2 Å². The molecule has 1 aromatic carbocycles. The summed E-state index contributed by atoms with van der Waals surface area (Å²) in [6.45, 7) is 0.691. The standard InChI is InChI=1S/C13H16N2O2/c1-17-6-2-3-9-7-13(16)15-12-5-4-10(14)8-11(9)12/h4-5,7-8H,2-3,6,14H2,1H3,(H,15,16). The highest BCUT2D eigenvalue weighted by molar-refractivity contribution is 5.84. The van der Waals surface area contributed by atoms with Crippen LogP contribution < -0.4 is 11.3 Å². The van der Waals surface area contributed by atoms with Crippen molar-refractivity contribution >= 4 is 16.6 Å². The number of ether oxygens (including phenoxy) is 1. The van der Waals surface area contributed by atoms with Gasteiger partial charge in [0.1, 0.15) is 0 Å². The van der Waals surface area contributed by atoms with Crippen LogP contribution in [0.2, 0.25) is 0 Å². The van der Waals surface area contributed by atoms with Crippen molar-refractivity contribution in [2.45, 2.75) is 12.8 Å². The normalized spacial score (nSPS) is 10.9. The summed E-state index contributed by atoms with van der Waals surface area (Å²) in [6, 6.07) is 7.16. The molecule has 90 valence electrons. The highest BCUT2D eigenvalue weighted by Gasteiger charge is 2.03. The Morgan fingerprint density at radius 2 is 2.18 bits per heavy atom. The molecule has 0 aliphatic heterocycles. The number of methoxy groups -OCH3 is 1. The van der Waals surface area contributed by atoms with Crippen LogP contribution in [0.5, 0.6) is 0 Å². The molecule has 2 aromatic rings. The maximum Gasteiger partial charge on any atom is 0.248 e. The number of hydrogen-bond donors (Lipinski definition) is 2. The molecule has 4 heteroatoms. The molecule has 0 aliphatic rings. The zero-order chi connectivity index (χ0) is 12.3. The summed E-state index contributed by atoms with van der Waals surface area (Å²) in [5.41, 5.74) is 8.25. The lowest BCUT2D eigenvalue weighted by Crippen LogP contribution is -2.07. The molecular weight excluding hydrogens is 216 g/mol. The molecule has 3 N–H and O–H groups in total. The van der Waals surface area contributed by atoms with E-state index < -0.39 is 0 Å². The van der Waals surface area contributed by atoms with E-state index in [1.165, 1.54) is 0 Å². The fraction of sp³-hybridized carbons (Fsp3) is 0.308. The molecule has 1 aromatic heterocycles. The van der Waals surface area contributed by atoms with Crippen molar-refractivity contribution in [3.63, 3.8) is 0 Å². The molecule has 0 saturated heterocycles. The summed E-state index contributed by atoms with van der Waals surface area (Å²) in [7, 11) is 1.67. The van der Waals surface area contributed by atoms with Crippen molar-refractivity contribution in [2.24, 2.45) is 0 Å². The highest BCUT2D eigenvalue weighted by atomic mass is 16.5. The molecule has 0 radical (unpaired) electrons. The Morgan fingerprint density at radius 1 is 1.35 bits per heavy atom. The number of hydrogen-bond acceptors (Lipinski definition) is 3. The number of nitrogen functional groups attached to an aromatic ring is 1. The van der Waals surface area contributed by atoms with Crippen molar-refractivity contribution in [2.75, 3.05) is 19.5 Å². The number of pyridine rings is 1. The van der Waals surface area contributed by atoms with Gasteiger partial charge < -0.3 is 15.5 Å². The van der Waals surface area contributed by atoms with Gasteiger partial charge in [0.05, 0.1) is 0 Å². The topological polar surface area (TPSA) is 68.1 Å². The molecular formula is C13H16N2O2. The van der Waals surface area contributed by atoms with Crippen LogP contribution in [-0.2, 0) is 11.2 Å². The van der Waals surface area contributed by atoms with Crippen LogP contribution in [0.15, 0.2) is 29.1 Å². The first-order valence-electron chi connectivity index (χ1n) is 5.61. The van der Waals surface area contributed by atoms with Crippen LogP contribution in [0.1, 0.15) is 12.0 Å². The van der Waals surface area contributed by atoms with Crippen LogP contribution in [0.25, 0.3) is 10.9 Å². The summed E-state index contributed by atoms with van der Waals surface area (Å²) >= 11 is 0. The summed E-state index contributed by atoms with van der Waals surface area (Å²) in [5.74, 6) is 0. The minimum atomic E-state index is -0.0744. The van der Waals surface area contributed by atoms with Crippen LogP contribution in [0, 0.1) is 0 Å². The number of aryl methyl sites for hydroxylation is 1. The number of fused-ring (bicyclic) bond motifs is 1. The van der Waals surface area contributed by atoms with Gasteiger partial charge in [-0.2, -0.15) is 0 Å². The third-order valence-corrected chi connectivity index (χ3v) is 2.75. The van der Waals surface area contributed by atoms with E-state index in [1.807, 2.05) is 12.1 Å². The molecule has 4 nitrogen and oxygen atoms in total. The minimum Gasteiger partial charge on any atom is -0.399 e. The first kappa shape index (κ1) is 11.7. The van der Waals surface area contributed by atoms with Gasteiger partial charge in [0, 0.05) is 36.4 Å². The number of anilines is 1. The second-order valence-corrected chi connectivity index (χ2v) is 4.06. The average molecular weight is 232 g/mol. The fourth-order valence-corrected chi connectivity index (χ4v) is 1.96. The fourth-order valence-electron chi connectivity index (χ4n) is 1.96. The maximum absolute atomic E-state index is 11.5. The lowest BCUT2D eigenvalue weighted by Gasteiger charge is -2.06. The second kappa shape index (κ2) is 5.01. The number of aromatic amines is 1. The van der Waals surface area contributed by atoms with Crippen LogP contribution >= 0.6 is 0 Å². The Bertz CT molecular complexity index is 575. The summed E-state index contributed by atoms with van der Waals surface area (Å²) in [6.07, 6.45) is 1.71. The van der Waals surface area contributed by atoms with Gasteiger partial charge in [-0.15, -0.1) is 0 Å². The molecule has 0 spiro atoms. The number of rotatable bonds is 4. The van der Waals surface area contributed by atoms with E-state index in [9.17, 15) is 4.79 Å². The maximum atomic E-state index is 11.5. The van der Waals surface area contributed by atoms with Crippen LogP contribution in [-0.4, -0.2) is 18.7 Å². The van der Waals surface area contributed by atoms with E-state index >= 15 is 0 Å². The minimum absolute atomic E-state index is 0.0744. The van der Waals surface area contributed by atoms with E-state index in [1.54, 1.807) is 19.2 Å². The Hall–Kier alpha value is -1.81. The van der Waals surface area contributed by atoms with Crippen molar-refractivity contribution in [3.8, 4) is 0 Å². The number of H-pyrrole nitrogens is 1. The molecule has 0 amide bonds. The molecule has 0 bridgehead atoms. The van der Waals surface area contributed by atoms with Crippen LogP contribution in [0.4, 0.5) is 5.69 Å². The number of nitrogens with two attached hydrogens (primary N) is 1. The predicted octanol–water partition coefficient (Wildman–Crippen LogP) is 1.69. The third-order valence-electron chi connectivity index (χ3n) is 2.75. The van der Waals surface area contributed by atoms with Crippen molar-refractivity contribution < 1.29 is 4.74 Å². The molecule has 2 rings (SSSR count). The molecule has 1 heterocycles. The predicted molar refractivity (Wildman–Crippen MR) is 69.2 cm³/mol. The SMILES string of the molecule is COCCCc1cc(=O)[nH]c2ccc(N)cc12. The largest absolute Gasteiger partial charge is 0.399 e.